The number of nitrogens with one attached hydrogen (secondary N) is 1. The van der Waals surface area contributed by atoms with Gasteiger partial charge in [-0.1, -0.05) is 0 Å². The van der Waals surface area contributed by atoms with Crippen molar-refractivity contribution in [2.75, 3.05) is 20.1 Å². The summed E-state index contributed by atoms with van der Waals surface area (Å²) in [5.74, 6) is 0. The Balaban J connectivity index is 0.00000128. The molecule has 2 heterocycles. The molecule has 16 heavy (non-hydrogen) atoms. The minimum atomic E-state index is 0. The molecule has 1 unspecified atom stereocenters. The fourth-order valence-corrected chi connectivity index (χ4v) is 3.04. The van der Waals surface area contributed by atoms with E-state index in [0.717, 1.165) is 19.1 Å². The maximum absolute atomic E-state index is 3.56. The van der Waals surface area contributed by atoms with Gasteiger partial charge in [-0.05, 0) is 45.5 Å². The Bertz CT molecular complexity index is 314. The lowest BCUT2D eigenvalue weighted by Crippen LogP contribution is -2.34. The zero-order valence-electron chi connectivity index (χ0n) is 10.0. The second-order valence-corrected chi connectivity index (χ2v) is 5.79. The first-order chi connectivity index (χ1) is 7.25. The van der Waals surface area contributed by atoms with Crippen LogP contribution in [0.1, 0.15) is 22.6 Å². The standard InChI is InChI=1S/C12H20N2S.ClH/c1-10-5-6-12(15-10)9-13-8-11-4-3-7-14(11)2;/h5-6,11,13H,3-4,7-9H2,1-2H3;1H. The summed E-state index contributed by atoms with van der Waals surface area (Å²) in [6, 6.07) is 5.18. The zero-order valence-corrected chi connectivity index (χ0v) is 11.7. The molecule has 2 rings (SSSR count). The topological polar surface area (TPSA) is 15.3 Å². The number of halogens is 1. The second kappa shape index (κ2) is 6.60. The van der Waals surface area contributed by atoms with Gasteiger partial charge in [-0.2, -0.15) is 0 Å². The minimum absolute atomic E-state index is 0. The van der Waals surface area contributed by atoms with Crippen molar-refractivity contribution in [3.8, 4) is 0 Å². The average molecular weight is 261 g/mol. The summed E-state index contributed by atoms with van der Waals surface area (Å²) in [5, 5.41) is 3.56. The highest BCUT2D eigenvalue weighted by Crippen LogP contribution is 2.16. The lowest BCUT2D eigenvalue weighted by atomic mass is 10.2. The van der Waals surface area contributed by atoms with Crippen LogP contribution >= 0.6 is 23.7 Å². The van der Waals surface area contributed by atoms with Crippen molar-refractivity contribution < 1.29 is 0 Å². The molecule has 4 heteroatoms. The zero-order chi connectivity index (χ0) is 10.7. The highest BCUT2D eigenvalue weighted by molar-refractivity contribution is 7.11. The quantitative estimate of drug-likeness (QED) is 0.896. The number of thiophene rings is 1. The fraction of sp³-hybridized carbons (Fsp3) is 0.667. The SMILES string of the molecule is Cc1ccc(CNCC2CCCN2C)s1.Cl. The van der Waals surface area contributed by atoms with E-state index in [2.05, 4.69) is 36.3 Å². The van der Waals surface area contributed by atoms with Gasteiger partial charge < -0.3 is 10.2 Å². The summed E-state index contributed by atoms with van der Waals surface area (Å²) >= 11 is 1.89. The molecule has 1 aromatic rings. The van der Waals surface area contributed by atoms with Gasteiger partial charge in [0, 0.05) is 28.9 Å². The first-order valence-corrected chi connectivity index (χ1v) is 6.53. The molecule has 0 aliphatic carbocycles. The van der Waals surface area contributed by atoms with E-state index in [0.29, 0.717) is 0 Å². The number of hydrogen-bond acceptors (Lipinski definition) is 3. The van der Waals surface area contributed by atoms with Gasteiger partial charge in [0.15, 0.2) is 0 Å². The summed E-state index contributed by atoms with van der Waals surface area (Å²) in [6.07, 6.45) is 2.72. The van der Waals surface area contributed by atoms with Crippen LogP contribution in [0.2, 0.25) is 0 Å². The van der Waals surface area contributed by atoms with Crippen LogP contribution in [-0.2, 0) is 6.54 Å². The molecule has 2 nitrogen and oxygen atoms in total. The highest BCUT2D eigenvalue weighted by Gasteiger charge is 2.19. The highest BCUT2D eigenvalue weighted by atomic mass is 35.5. The molecule has 1 saturated heterocycles. The van der Waals surface area contributed by atoms with Crippen LogP contribution in [0.4, 0.5) is 0 Å². The normalized spacial score (nSPS) is 21.0. The fourth-order valence-electron chi connectivity index (χ4n) is 2.18. The number of aryl methyl sites for hydroxylation is 1. The van der Waals surface area contributed by atoms with Gasteiger partial charge in [-0.25, -0.2) is 0 Å². The van der Waals surface area contributed by atoms with E-state index in [4.69, 9.17) is 0 Å². The Morgan fingerprint density at radius 2 is 2.31 bits per heavy atom. The number of rotatable bonds is 4. The van der Waals surface area contributed by atoms with Gasteiger partial charge >= 0.3 is 0 Å². The van der Waals surface area contributed by atoms with Crippen LogP contribution in [0.3, 0.4) is 0 Å². The van der Waals surface area contributed by atoms with Crippen LogP contribution in [0, 0.1) is 6.92 Å². The van der Waals surface area contributed by atoms with E-state index in [1.54, 1.807) is 0 Å². The molecule has 92 valence electrons. The first kappa shape index (κ1) is 14.0. The van der Waals surface area contributed by atoms with Crippen LogP contribution < -0.4 is 5.32 Å². The third-order valence-corrected chi connectivity index (χ3v) is 4.15. The van der Waals surface area contributed by atoms with Gasteiger partial charge in [-0.15, -0.1) is 23.7 Å². The van der Waals surface area contributed by atoms with E-state index < -0.39 is 0 Å². The van der Waals surface area contributed by atoms with Crippen molar-refractivity contribution in [2.24, 2.45) is 0 Å². The van der Waals surface area contributed by atoms with Crippen molar-refractivity contribution in [3.05, 3.63) is 21.9 Å². The third-order valence-electron chi connectivity index (χ3n) is 3.15. The molecular weight excluding hydrogens is 240 g/mol. The molecule has 0 aromatic carbocycles. The Labute approximate surface area is 108 Å². The Kier molecular flexibility index (Phi) is 5.76. The van der Waals surface area contributed by atoms with Crippen molar-refractivity contribution in [1.29, 1.82) is 0 Å². The number of likely N-dealkylation sites (tertiary alicyclic amines) is 1. The van der Waals surface area contributed by atoms with E-state index in [1.807, 2.05) is 11.3 Å². The molecule has 0 spiro atoms. The van der Waals surface area contributed by atoms with Gasteiger partial charge in [-0.3, -0.25) is 0 Å². The Morgan fingerprint density at radius 3 is 2.88 bits per heavy atom. The number of likely N-dealkylation sites (N-methyl/N-ethyl adjacent to an activating group) is 1. The molecule has 0 amide bonds. The molecule has 1 N–H and O–H groups in total. The molecule has 1 aromatic heterocycles. The van der Waals surface area contributed by atoms with E-state index in [-0.39, 0.29) is 12.4 Å². The van der Waals surface area contributed by atoms with Crippen LogP contribution in [-0.4, -0.2) is 31.1 Å². The Morgan fingerprint density at radius 1 is 1.50 bits per heavy atom. The number of hydrogen-bond donors (Lipinski definition) is 1. The van der Waals surface area contributed by atoms with E-state index in [9.17, 15) is 0 Å². The maximum Gasteiger partial charge on any atom is 0.0300 e. The van der Waals surface area contributed by atoms with Crippen LogP contribution in [0.25, 0.3) is 0 Å². The lowest BCUT2D eigenvalue weighted by Gasteiger charge is -2.19. The predicted molar refractivity (Wildman–Crippen MR) is 73.7 cm³/mol. The summed E-state index contributed by atoms with van der Waals surface area (Å²) in [7, 11) is 2.23. The summed E-state index contributed by atoms with van der Waals surface area (Å²) in [5.41, 5.74) is 0. The van der Waals surface area contributed by atoms with E-state index in [1.165, 1.54) is 29.1 Å². The van der Waals surface area contributed by atoms with Crippen molar-refractivity contribution in [2.45, 2.75) is 32.4 Å². The van der Waals surface area contributed by atoms with Crippen molar-refractivity contribution in [3.63, 3.8) is 0 Å². The molecule has 1 aliphatic rings. The molecule has 1 atom stereocenters. The predicted octanol–water partition coefficient (Wildman–Crippen LogP) is 2.66. The smallest absolute Gasteiger partial charge is 0.0300 e. The molecule has 1 fully saturated rings. The molecular formula is C12H21ClN2S. The number of nitrogens with zero attached hydrogens (tertiary/aromatic N) is 1. The van der Waals surface area contributed by atoms with Crippen LogP contribution in [0.15, 0.2) is 12.1 Å². The van der Waals surface area contributed by atoms with Crippen LogP contribution in [0.5, 0.6) is 0 Å². The summed E-state index contributed by atoms with van der Waals surface area (Å²) < 4.78 is 0. The summed E-state index contributed by atoms with van der Waals surface area (Å²) in [4.78, 5) is 5.32. The van der Waals surface area contributed by atoms with E-state index >= 15 is 0 Å². The molecule has 0 radical (unpaired) electrons. The van der Waals surface area contributed by atoms with Gasteiger partial charge in [0.25, 0.3) is 0 Å². The third kappa shape index (κ3) is 3.74. The van der Waals surface area contributed by atoms with Crippen molar-refractivity contribution in [1.82, 2.24) is 10.2 Å². The first-order valence-electron chi connectivity index (χ1n) is 5.72. The van der Waals surface area contributed by atoms with Gasteiger partial charge in [0.1, 0.15) is 0 Å². The van der Waals surface area contributed by atoms with Gasteiger partial charge in [0.2, 0.25) is 0 Å². The average Bonchev–Trinajstić information content (AvgIpc) is 2.77. The largest absolute Gasteiger partial charge is 0.310 e. The molecule has 1 aliphatic heterocycles. The monoisotopic (exact) mass is 260 g/mol. The molecule has 0 bridgehead atoms. The van der Waals surface area contributed by atoms with Crippen molar-refractivity contribution >= 4 is 23.7 Å². The maximum atomic E-state index is 3.56. The second-order valence-electron chi connectivity index (χ2n) is 4.42. The van der Waals surface area contributed by atoms with Gasteiger partial charge in [0.05, 0.1) is 0 Å². The minimum Gasteiger partial charge on any atom is -0.310 e. The molecule has 0 saturated carbocycles. The Hall–Kier alpha value is -0.0900. The lowest BCUT2D eigenvalue weighted by molar-refractivity contribution is 0.300. The summed E-state index contributed by atoms with van der Waals surface area (Å²) in [6.45, 7) is 5.60.